The number of hydrogen-bond donors (Lipinski definition) is 1. The van der Waals surface area contributed by atoms with E-state index in [4.69, 9.17) is 4.42 Å². The number of rotatable bonds is 2. The molecule has 0 atom stereocenters. The summed E-state index contributed by atoms with van der Waals surface area (Å²) in [7, 11) is -2.28. The van der Waals surface area contributed by atoms with Crippen LogP contribution in [0, 0.1) is 6.92 Å². The van der Waals surface area contributed by atoms with E-state index in [2.05, 4.69) is 0 Å². The van der Waals surface area contributed by atoms with Crippen molar-refractivity contribution < 1.29 is 17.4 Å². The maximum Gasteiger partial charge on any atom is 0.336 e. The Morgan fingerprint density at radius 3 is 2.54 bits per heavy atom. The molecule has 6 nitrogen and oxygen atoms in total. The lowest BCUT2D eigenvalue weighted by atomic mass is 9.88. The lowest BCUT2D eigenvalue weighted by Gasteiger charge is -2.41. The van der Waals surface area contributed by atoms with Gasteiger partial charge in [-0.25, -0.2) is 4.79 Å². The summed E-state index contributed by atoms with van der Waals surface area (Å²) in [6, 6.07) is 4.96. The third-order valence-electron chi connectivity index (χ3n) is 4.50. The Bertz CT molecular complexity index is 1030. The Balaban J connectivity index is 2.34. The summed E-state index contributed by atoms with van der Waals surface area (Å²) in [5.74, 6) is -0.460. The van der Waals surface area contributed by atoms with E-state index in [-0.39, 0.29) is 0 Å². The van der Waals surface area contributed by atoms with Gasteiger partial charge in [0, 0.05) is 35.8 Å². The van der Waals surface area contributed by atoms with Gasteiger partial charge in [0.05, 0.1) is 5.54 Å². The maximum atomic E-state index is 11.6. The number of nitrogens with zero attached hydrogens (tertiary/aromatic N) is 1. The first kappa shape index (κ1) is 16.7. The summed E-state index contributed by atoms with van der Waals surface area (Å²) in [4.78, 5) is 13.6. The van der Waals surface area contributed by atoms with Crippen LogP contribution < -0.4 is 10.5 Å². The average Bonchev–Trinajstić information content (AvgIpc) is 2.41. The second-order valence-corrected chi connectivity index (χ2v) is 8.17. The van der Waals surface area contributed by atoms with E-state index in [1.165, 1.54) is 6.07 Å². The zero-order valence-corrected chi connectivity index (χ0v) is 14.8. The van der Waals surface area contributed by atoms with Gasteiger partial charge in [-0.05, 0) is 38.0 Å². The molecule has 1 aromatic carbocycles. The van der Waals surface area contributed by atoms with E-state index in [1.54, 1.807) is 13.0 Å². The van der Waals surface area contributed by atoms with Crippen LogP contribution in [-0.4, -0.2) is 31.3 Å². The van der Waals surface area contributed by atoms with Gasteiger partial charge in [0.15, 0.2) is 0 Å². The lowest BCUT2D eigenvalue weighted by molar-refractivity contribution is 0.487. The van der Waals surface area contributed by atoms with Crippen molar-refractivity contribution in [3.8, 4) is 0 Å². The molecule has 1 aliphatic rings. The molecule has 7 heteroatoms. The van der Waals surface area contributed by atoms with Crippen molar-refractivity contribution in [3.05, 3.63) is 45.8 Å². The Hall–Kier alpha value is -2.12. The van der Waals surface area contributed by atoms with E-state index in [9.17, 15) is 17.8 Å². The first-order chi connectivity index (χ1) is 11.0. The average molecular weight is 349 g/mol. The highest BCUT2D eigenvalue weighted by atomic mass is 32.2. The van der Waals surface area contributed by atoms with Crippen LogP contribution in [0.2, 0.25) is 0 Å². The van der Waals surface area contributed by atoms with Crippen LogP contribution in [-0.2, 0) is 10.1 Å². The van der Waals surface area contributed by atoms with Gasteiger partial charge in [-0.15, -0.1) is 0 Å². The molecule has 2 aromatic rings. The quantitative estimate of drug-likeness (QED) is 0.662. The second-order valence-electron chi connectivity index (χ2n) is 6.72. The van der Waals surface area contributed by atoms with Gasteiger partial charge in [0.25, 0.3) is 10.1 Å². The number of hydrogen-bond acceptors (Lipinski definition) is 5. The molecule has 24 heavy (non-hydrogen) atoms. The number of likely N-dealkylation sites (N-methyl/N-ethyl adjacent to an activating group) is 1. The lowest BCUT2D eigenvalue weighted by Crippen LogP contribution is -2.42. The van der Waals surface area contributed by atoms with Crippen LogP contribution in [0.25, 0.3) is 16.5 Å². The predicted octanol–water partition coefficient (Wildman–Crippen LogP) is 2.60. The number of aryl methyl sites for hydroxylation is 1. The third kappa shape index (κ3) is 2.85. The summed E-state index contributed by atoms with van der Waals surface area (Å²) in [5, 5.41) is 0.739. The molecule has 0 saturated carbocycles. The first-order valence-corrected chi connectivity index (χ1v) is 9.08. The van der Waals surface area contributed by atoms with Gasteiger partial charge in [-0.3, -0.25) is 4.55 Å². The highest BCUT2D eigenvalue weighted by molar-refractivity contribution is 7.86. The Kier molecular flexibility index (Phi) is 3.62. The third-order valence-corrected chi connectivity index (χ3v) is 5.18. The minimum absolute atomic E-state index is 0.425. The van der Waals surface area contributed by atoms with Crippen molar-refractivity contribution >= 4 is 32.3 Å². The molecule has 1 N–H and O–H groups in total. The van der Waals surface area contributed by atoms with Crippen molar-refractivity contribution in [1.82, 2.24) is 0 Å². The molecule has 3 rings (SSSR count). The van der Waals surface area contributed by atoms with Crippen LogP contribution in [0.1, 0.15) is 25.0 Å². The van der Waals surface area contributed by atoms with Gasteiger partial charge >= 0.3 is 5.63 Å². The standard InChI is InChI=1S/C17H19NO5S/c1-10-5-16(19)23-15-7-14-13(6-12(10)15)11(9-24(20,21)22)8-17(2,3)18(14)4/h5-8H,9H2,1-4H3,(H,20,21,22). The second kappa shape index (κ2) is 5.19. The van der Waals surface area contributed by atoms with E-state index in [0.29, 0.717) is 16.7 Å². The van der Waals surface area contributed by atoms with Crippen LogP contribution in [0.5, 0.6) is 0 Å². The molecule has 128 valence electrons. The van der Waals surface area contributed by atoms with Crippen molar-refractivity contribution in [2.75, 3.05) is 17.7 Å². The number of benzene rings is 1. The fourth-order valence-electron chi connectivity index (χ4n) is 3.12. The molecular formula is C17H19NO5S. The molecule has 0 radical (unpaired) electrons. The predicted molar refractivity (Wildman–Crippen MR) is 94.1 cm³/mol. The van der Waals surface area contributed by atoms with Crippen LogP contribution in [0.3, 0.4) is 0 Å². The van der Waals surface area contributed by atoms with Crippen LogP contribution in [0.4, 0.5) is 5.69 Å². The molecule has 0 spiro atoms. The van der Waals surface area contributed by atoms with E-state index >= 15 is 0 Å². The van der Waals surface area contributed by atoms with Gasteiger partial charge in [-0.2, -0.15) is 8.42 Å². The summed E-state index contributed by atoms with van der Waals surface area (Å²) >= 11 is 0. The maximum absolute atomic E-state index is 11.6. The molecule has 1 aromatic heterocycles. The molecule has 0 fully saturated rings. The van der Waals surface area contributed by atoms with E-state index in [0.717, 1.165) is 16.6 Å². The molecule has 0 amide bonds. The summed E-state index contributed by atoms with van der Waals surface area (Å²) in [6.07, 6.45) is 1.84. The SMILES string of the molecule is Cc1cc(=O)oc2cc3c(cc12)C(CS(=O)(=O)O)=CC(C)(C)N3C. The van der Waals surface area contributed by atoms with Gasteiger partial charge < -0.3 is 9.32 Å². The molecular weight excluding hydrogens is 330 g/mol. The summed E-state index contributed by atoms with van der Waals surface area (Å²) in [6.45, 7) is 5.68. The normalized spacial score (nSPS) is 16.9. The van der Waals surface area contributed by atoms with Crippen molar-refractivity contribution in [2.45, 2.75) is 26.3 Å². The Morgan fingerprint density at radius 2 is 1.92 bits per heavy atom. The number of anilines is 1. The molecule has 2 heterocycles. The van der Waals surface area contributed by atoms with Crippen LogP contribution in [0.15, 0.2) is 33.5 Å². The molecule has 0 aliphatic carbocycles. The van der Waals surface area contributed by atoms with Gasteiger partial charge in [0.1, 0.15) is 11.3 Å². The van der Waals surface area contributed by atoms with Crippen molar-refractivity contribution in [3.63, 3.8) is 0 Å². The monoisotopic (exact) mass is 349 g/mol. The van der Waals surface area contributed by atoms with Crippen LogP contribution >= 0.6 is 0 Å². The Morgan fingerprint density at radius 1 is 1.25 bits per heavy atom. The molecule has 1 aliphatic heterocycles. The van der Waals surface area contributed by atoms with Gasteiger partial charge in [-0.1, -0.05) is 6.08 Å². The molecule has 0 saturated heterocycles. The van der Waals surface area contributed by atoms with Crippen molar-refractivity contribution in [2.24, 2.45) is 0 Å². The smallest absolute Gasteiger partial charge is 0.336 e. The highest BCUT2D eigenvalue weighted by Crippen LogP contribution is 2.40. The zero-order valence-electron chi connectivity index (χ0n) is 14.0. The summed E-state index contributed by atoms with van der Waals surface area (Å²) < 4.78 is 37.4. The topological polar surface area (TPSA) is 87.8 Å². The molecule has 0 bridgehead atoms. The van der Waals surface area contributed by atoms with Crippen molar-refractivity contribution in [1.29, 1.82) is 0 Å². The Labute approximate surface area is 140 Å². The highest BCUT2D eigenvalue weighted by Gasteiger charge is 2.32. The van der Waals surface area contributed by atoms with Gasteiger partial charge in [0.2, 0.25) is 0 Å². The first-order valence-electron chi connectivity index (χ1n) is 7.47. The van der Waals surface area contributed by atoms with E-state index < -0.39 is 27.0 Å². The molecule has 0 unspecified atom stereocenters. The summed E-state index contributed by atoms with van der Waals surface area (Å²) in [5.41, 5.74) is 2.32. The minimum Gasteiger partial charge on any atom is -0.423 e. The fraction of sp³-hybridized carbons (Fsp3) is 0.353. The zero-order chi connectivity index (χ0) is 17.9. The largest absolute Gasteiger partial charge is 0.423 e. The van der Waals surface area contributed by atoms with E-state index in [1.807, 2.05) is 37.9 Å². The number of fused-ring (bicyclic) bond motifs is 2. The minimum atomic E-state index is -4.16. The fourth-order valence-corrected chi connectivity index (χ4v) is 3.75.